The first-order valence-electron chi connectivity index (χ1n) is 5.47. The van der Waals surface area contributed by atoms with Gasteiger partial charge in [-0.2, -0.15) is 0 Å². The van der Waals surface area contributed by atoms with E-state index < -0.39 is 10.0 Å². The van der Waals surface area contributed by atoms with Crippen LogP contribution in [0, 0.1) is 0 Å². The van der Waals surface area contributed by atoms with Crippen molar-refractivity contribution >= 4 is 10.0 Å². The van der Waals surface area contributed by atoms with Gasteiger partial charge in [-0.25, -0.2) is 23.1 Å². The van der Waals surface area contributed by atoms with Crippen LogP contribution >= 0.6 is 0 Å². The molecule has 18 heavy (non-hydrogen) atoms. The third kappa shape index (κ3) is 3.35. The molecule has 1 N–H and O–H groups in total. The zero-order valence-electron chi connectivity index (χ0n) is 9.65. The number of hydrogen-bond acceptors (Lipinski definition) is 4. The van der Waals surface area contributed by atoms with Crippen molar-refractivity contribution in [2.75, 3.05) is 6.54 Å². The highest BCUT2D eigenvalue weighted by Gasteiger charge is 2.11. The van der Waals surface area contributed by atoms with E-state index >= 15 is 0 Å². The maximum atomic E-state index is 11.9. The normalized spacial score (nSPS) is 11.3. The van der Waals surface area contributed by atoms with Gasteiger partial charge in [0, 0.05) is 18.9 Å². The topological polar surface area (TPSA) is 72.0 Å². The minimum atomic E-state index is -3.42. The van der Waals surface area contributed by atoms with E-state index in [0.717, 1.165) is 5.56 Å². The number of aromatic nitrogens is 2. The summed E-state index contributed by atoms with van der Waals surface area (Å²) in [6, 6.07) is 8.29. The molecule has 94 valence electrons. The molecule has 6 heteroatoms. The summed E-state index contributed by atoms with van der Waals surface area (Å²) in [7, 11) is -3.42. The van der Waals surface area contributed by atoms with Crippen LogP contribution in [0.3, 0.4) is 0 Å². The molecule has 0 aliphatic rings. The van der Waals surface area contributed by atoms with Crippen LogP contribution in [0.5, 0.6) is 0 Å². The Hall–Kier alpha value is -1.79. The van der Waals surface area contributed by atoms with Crippen molar-refractivity contribution in [3.63, 3.8) is 0 Å². The fourth-order valence-corrected chi connectivity index (χ4v) is 2.52. The lowest BCUT2D eigenvalue weighted by atomic mass is 10.2. The molecule has 1 heterocycles. The van der Waals surface area contributed by atoms with Crippen LogP contribution in [-0.2, 0) is 16.4 Å². The molecule has 0 aliphatic heterocycles. The lowest BCUT2D eigenvalue weighted by molar-refractivity contribution is 0.581. The smallest absolute Gasteiger partial charge is 0.240 e. The maximum absolute atomic E-state index is 11.9. The van der Waals surface area contributed by atoms with Gasteiger partial charge in [-0.3, -0.25) is 0 Å². The molecule has 0 radical (unpaired) electrons. The number of rotatable bonds is 5. The average molecular weight is 263 g/mol. The Kier molecular flexibility index (Phi) is 4.01. The Labute approximate surface area is 106 Å². The number of sulfonamides is 1. The van der Waals surface area contributed by atoms with Crippen LogP contribution in [-0.4, -0.2) is 24.9 Å². The Morgan fingerprint density at radius 1 is 1.06 bits per heavy atom. The van der Waals surface area contributed by atoms with Crippen LogP contribution in [0.1, 0.15) is 5.56 Å². The van der Waals surface area contributed by atoms with Gasteiger partial charge < -0.3 is 0 Å². The predicted molar refractivity (Wildman–Crippen MR) is 67.4 cm³/mol. The fraction of sp³-hybridized carbons (Fsp3) is 0.167. The zero-order chi connectivity index (χ0) is 12.8. The molecule has 0 saturated heterocycles. The predicted octanol–water partition coefficient (Wildman–Crippen LogP) is 0.998. The van der Waals surface area contributed by atoms with Crippen LogP contribution in [0.4, 0.5) is 0 Å². The molecular formula is C12H13N3O2S. The van der Waals surface area contributed by atoms with E-state index in [2.05, 4.69) is 14.7 Å². The van der Waals surface area contributed by atoms with Crippen molar-refractivity contribution in [3.05, 3.63) is 54.6 Å². The first kappa shape index (κ1) is 12.7. The second kappa shape index (κ2) is 5.70. The van der Waals surface area contributed by atoms with Gasteiger partial charge >= 0.3 is 0 Å². The average Bonchev–Trinajstić information content (AvgIpc) is 2.41. The van der Waals surface area contributed by atoms with Crippen LogP contribution in [0.15, 0.2) is 53.9 Å². The first-order chi connectivity index (χ1) is 8.68. The summed E-state index contributed by atoms with van der Waals surface area (Å²) in [4.78, 5) is 8.01. The van der Waals surface area contributed by atoms with Gasteiger partial charge in [0.15, 0.2) is 0 Å². The summed E-state index contributed by atoms with van der Waals surface area (Å²) in [6.07, 6.45) is 5.35. The molecule has 0 spiro atoms. The maximum Gasteiger partial charge on any atom is 0.240 e. The van der Waals surface area contributed by atoms with Gasteiger partial charge in [0.25, 0.3) is 0 Å². The summed E-state index contributed by atoms with van der Waals surface area (Å²) in [5, 5.41) is 0. The highest BCUT2D eigenvalue weighted by atomic mass is 32.2. The summed E-state index contributed by atoms with van der Waals surface area (Å²) in [5.41, 5.74) is 0.897. The van der Waals surface area contributed by atoms with Gasteiger partial charge in [-0.1, -0.05) is 18.2 Å². The monoisotopic (exact) mass is 263 g/mol. The second-order valence-electron chi connectivity index (χ2n) is 3.71. The highest BCUT2D eigenvalue weighted by molar-refractivity contribution is 7.89. The number of benzene rings is 1. The van der Waals surface area contributed by atoms with Gasteiger partial charge in [0.1, 0.15) is 6.33 Å². The summed E-state index contributed by atoms with van der Waals surface area (Å²) >= 11 is 0. The molecule has 5 nitrogen and oxygen atoms in total. The Morgan fingerprint density at radius 2 is 1.72 bits per heavy atom. The summed E-state index contributed by atoms with van der Waals surface area (Å²) in [6.45, 7) is 0.324. The highest BCUT2D eigenvalue weighted by Crippen LogP contribution is 2.06. The minimum Gasteiger partial charge on any atom is -0.245 e. The van der Waals surface area contributed by atoms with Gasteiger partial charge in [-0.05, 0) is 24.1 Å². The number of hydrogen-bond donors (Lipinski definition) is 1. The Balaban J connectivity index is 1.95. The lowest BCUT2D eigenvalue weighted by Crippen LogP contribution is -2.26. The van der Waals surface area contributed by atoms with E-state index in [1.54, 1.807) is 42.7 Å². The molecule has 0 fully saturated rings. The largest absolute Gasteiger partial charge is 0.245 e. The Bertz CT molecular complexity index is 585. The molecule has 0 bridgehead atoms. The van der Waals surface area contributed by atoms with E-state index in [1.807, 2.05) is 0 Å². The Morgan fingerprint density at radius 3 is 2.39 bits per heavy atom. The van der Waals surface area contributed by atoms with Crippen LogP contribution < -0.4 is 4.72 Å². The quantitative estimate of drug-likeness (QED) is 0.873. The molecule has 1 aromatic heterocycles. The second-order valence-corrected chi connectivity index (χ2v) is 5.47. The molecule has 0 atom stereocenters. The third-order valence-corrected chi connectivity index (χ3v) is 3.85. The summed E-state index contributed by atoms with van der Waals surface area (Å²) in [5.74, 6) is 0. The van der Waals surface area contributed by atoms with Gasteiger partial charge in [0.2, 0.25) is 10.0 Å². The minimum absolute atomic E-state index is 0.273. The molecule has 1 aromatic carbocycles. The van der Waals surface area contributed by atoms with Gasteiger partial charge in [0.05, 0.1) is 4.90 Å². The number of nitrogens with one attached hydrogen (secondary N) is 1. The molecule has 0 aliphatic carbocycles. The van der Waals surface area contributed by atoms with Crippen molar-refractivity contribution in [3.8, 4) is 0 Å². The van der Waals surface area contributed by atoms with Crippen molar-refractivity contribution in [1.29, 1.82) is 0 Å². The van der Waals surface area contributed by atoms with Crippen molar-refractivity contribution < 1.29 is 8.42 Å². The third-order valence-electron chi connectivity index (χ3n) is 2.37. The summed E-state index contributed by atoms with van der Waals surface area (Å²) < 4.78 is 26.3. The van der Waals surface area contributed by atoms with E-state index in [-0.39, 0.29) is 4.90 Å². The van der Waals surface area contributed by atoms with Crippen LogP contribution in [0.2, 0.25) is 0 Å². The van der Waals surface area contributed by atoms with E-state index in [1.165, 1.54) is 6.33 Å². The first-order valence-corrected chi connectivity index (χ1v) is 6.95. The van der Waals surface area contributed by atoms with E-state index in [9.17, 15) is 8.42 Å². The molecule has 2 aromatic rings. The van der Waals surface area contributed by atoms with E-state index in [4.69, 9.17) is 0 Å². The zero-order valence-corrected chi connectivity index (χ0v) is 10.5. The standard InChI is InChI=1S/C12H13N3O2S/c16-18(17,12-4-2-1-3-5-12)15-7-6-11-8-13-10-14-9-11/h1-5,8-10,15H,6-7H2. The van der Waals surface area contributed by atoms with Crippen LogP contribution in [0.25, 0.3) is 0 Å². The molecule has 2 rings (SSSR count). The van der Waals surface area contributed by atoms with Crippen molar-refractivity contribution in [2.24, 2.45) is 0 Å². The molecule has 0 amide bonds. The van der Waals surface area contributed by atoms with E-state index in [0.29, 0.717) is 13.0 Å². The SMILES string of the molecule is O=S(=O)(NCCc1cncnc1)c1ccccc1. The fourth-order valence-electron chi connectivity index (χ4n) is 1.47. The molecule has 0 saturated carbocycles. The number of nitrogens with zero attached hydrogens (tertiary/aromatic N) is 2. The van der Waals surface area contributed by atoms with Gasteiger partial charge in [-0.15, -0.1) is 0 Å². The van der Waals surface area contributed by atoms with Crippen molar-refractivity contribution in [2.45, 2.75) is 11.3 Å². The van der Waals surface area contributed by atoms with Crippen molar-refractivity contribution in [1.82, 2.24) is 14.7 Å². The molecule has 0 unspecified atom stereocenters. The lowest BCUT2D eigenvalue weighted by Gasteiger charge is -2.06. The molecular weight excluding hydrogens is 250 g/mol.